The van der Waals surface area contributed by atoms with Crippen molar-refractivity contribution in [1.29, 1.82) is 0 Å². The van der Waals surface area contributed by atoms with Gasteiger partial charge in [-0.05, 0) is 6.92 Å². The van der Waals surface area contributed by atoms with Crippen LogP contribution in [0.5, 0.6) is 0 Å². The van der Waals surface area contributed by atoms with Crippen LogP contribution in [0.4, 0.5) is 11.6 Å². The van der Waals surface area contributed by atoms with E-state index in [0.717, 1.165) is 17.2 Å². The van der Waals surface area contributed by atoms with Crippen LogP contribution in [0.3, 0.4) is 0 Å². The zero-order valence-corrected chi connectivity index (χ0v) is 11.7. The van der Waals surface area contributed by atoms with Crippen LogP contribution < -0.4 is 5.32 Å². The van der Waals surface area contributed by atoms with Crippen LogP contribution in [-0.2, 0) is 7.05 Å². The molecular formula is C12H16ClN5. The molecule has 5 nitrogen and oxygen atoms in total. The summed E-state index contributed by atoms with van der Waals surface area (Å²) in [7, 11) is 1.87. The van der Waals surface area contributed by atoms with Crippen LogP contribution in [0, 0.1) is 6.92 Å². The zero-order chi connectivity index (χ0) is 13.3. The molecule has 0 bridgehead atoms. The first-order valence-electron chi connectivity index (χ1n) is 5.78. The Morgan fingerprint density at radius 3 is 2.61 bits per heavy atom. The number of aromatic nitrogens is 4. The molecule has 2 rings (SSSR count). The molecule has 2 aromatic rings. The molecule has 2 aromatic heterocycles. The smallest absolute Gasteiger partial charge is 0.153 e. The maximum Gasteiger partial charge on any atom is 0.153 e. The minimum Gasteiger partial charge on any atom is -0.323 e. The highest BCUT2D eigenvalue weighted by Crippen LogP contribution is 2.24. The Morgan fingerprint density at radius 1 is 1.33 bits per heavy atom. The number of hydrogen-bond donors (Lipinski definition) is 1. The number of hydrogen-bond acceptors (Lipinski definition) is 4. The molecule has 96 valence electrons. The average molecular weight is 266 g/mol. The van der Waals surface area contributed by atoms with E-state index in [0.29, 0.717) is 11.0 Å². The largest absolute Gasteiger partial charge is 0.323 e. The van der Waals surface area contributed by atoms with E-state index in [1.54, 1.807) is 4.68 Å². The Balaban J connectivity index is 2.37. The number of halogens is 1. The van der Waals surface area contributed by atoms with Crippen molar-refractivity contribution in [2.45, 2.75) is 26.7 Å². The van der Waals surface area contributed by atoms with Gasteiger partial charge in [-0.15, -0.1) is 0 Å². The Labute approximate surface area is 111 Å². The molecular weight excluding hydrogens is 250 g/mol. The summed E-state index contributed by atoms with van der Waals surface area (Å²) >= 11 is 6.12. The van der Waals surface area contributed by atoms with Crippen LogP contribution in [0.2, 0.25) is 5.15 Å². The third kappa shape index (κ3) is 2.61. The minimum absolute atomic E-state index is 0.229. The molecule has 0 saturated heterocycles. The zero-order valence-electron chi connectivity index (χ0n) is 10.9. The van der Waals surface area contributed by atoms with E-state index in [1.165, 1.54) is 0 Å². The fraction of sp³-hybridized carbons (Fsp3) is 0.417. The summed E-state index contributed by atoms with van der Waals surface area (Å²) in [6, 6.07) is 1.88. The van der Waals surface area contributed by atoms with E-state index in [9.17, 15) is 0 Å². The number of nitrogens with one attached hydrogen (secondary N) is 1. The van der Waals surface area contributed by atoms with Crippen molar-refractivity contribution in [3.8, 4) is 0 Å². The second kappa shape index (κ2) is 4.94. The van der Waals surface area contributed by atoms with Crippen molar-refractivity contribution in [1.82, 2.24) is 19.7 Å². The van der Waals surface area contributed by atoms with Gasteiger partial charge in [-0.2, -0.15) is 5.10 Å². The van der Waals surface area contributed by atoms with E-state index in [1.807, 2.05) is 40.1 Å². The molecule has 18 heavy (non-hydrogen) atoms. The van der Waals surface area contributed by atoms with Crippen molar-refractivity contribution >= 4 is 23.2 Å². The summed E-state index contributed by atoms with van der Waals surface area (Å²) < 4.78 is 1.73. The highest BCUT2D eigenvalue weighted by Gasteiger charge is 2.12. The third-order valence-corrected chi connectivity index (χ3v) is 2.95. The SMILES string of the molecule is Cc1c(Cl)nc(C(C)C)nc1Nc1ccn(C)n1. The highest BCUT2D eigenvalue weighted by atomic mass is 35.5. The van der Waals surface area contributed by atoms with Gasteiger partial charge in [0.2, 0.25) is 0 Å². The molecule has 0 fully saturated rings. The number of aryl methyl sites for hydroxylation is 1. The summed E-state index contributed by atoms with van der Waals surface area (Å²) in [6.45, 7) is 5.95. The number of nitrogens with zero attached hydrogens (tertiary/aromatic N) is 4. The topological polar surface area (TPSA) is 55.6 Å². The van der Waals surface area contributed by atoms with Gasteiger partial charge in [-0.3, -0.25) is 4.68 Å². The molecule has 0 aromatic carbocycles. The van der Waals surface area contributed by atoms with Crippen LogP contribution in [0.1, 0.15) is 31.2 Å². The molecule has 1 N–H and O–H groups in total. The molecule has 0 aliphatic heterocycles. The van der Waals surface area contributed by atoms with Gasteiger partial charge in [0, 0.05) is 30.8 Å². The second-order valence-electron chi connectivity index (χ2n) is 4.50. The van der Waals surface area contributed by atoms with Crippen molar-refractivity contribution in [3.63, 3.8) is 0 Å². The average Bonchev–Trinajstić information content (AvgIpc) is 2.70. The molecule has 0 saturated carbocycles. The lowest BCUT2D eigenvalue weighted by Crippen LogP contribution is -2.05. The van der Waals surface area contributed by atoms with E-state index in [-0.39, 0.29) is 5.92 Å². The van der Waals surface area contributed by atoms with Gasteiger partial charge >= 0.3 is 0 Å². The molecule has 2 heterocycles. The van der Waals surface area contributed by atoms with Crippen LogP contribution in [-0.4, -0.2) is 19.7 Å². The highest BCUT2D eigenvalue weighted by molar-refractivity contribution is 6.30. The molecule has 0 amide bonds. The standard InChI is InChI=1S/C12H16ClN5/c1-7(2)11-15-10(13)8(3)12(16-11)14-9-5-6-18(4)17-9/h5-7H,1-4H3,(H,14,15,16,17). The van der Waals surface area contributed by atoms with Crippen LogP contribution in [0.25, 0.3) is 0 Å². The first-order valence-corrected chi connectivity index (χ1v) is 6.16. The Kier molecular flexibility index (Phi) is 3.52. The first-order chi connectivity index (χ1) is 8.47. The Bertz CT molecular complexity index is 562. The molecule has 0 radical (unpaired) electrons. The summed E-state index contributed by atoms with van der Waals surface area (Å²) in [5, 5.41) is 7.89. The van der Waals surface area contributed by atoms with E-state index < -0.39 is 0 Å². The normalized spacial score (nSPS) is 11.0. The molecule has 0 spiro atoms. The molecule has 0 aliphatic rings. The predicted octanol–water partition coefficient (Wildman–Crippen LogP) is 3.04. The van der Waals surface area contributed by atoms with E-state index in [4.69, 9.17) is 11.6 Å². The Hall–Kier alpha value is -1.62. The molecule has 0 aliphatic carbocycles. The van der Waals surface area contributed by atoms with Crippen molar-refractivity contribution in [2.75, 3.05) is 5.32 Å². The van der Waals surface area contributed by atoms with Gasteiger partial charge in [-0.25, -0.2) is 9.97 Å². The van der Waals surface area contributed by atoms with Crippen molar-refractivity contribution < 1.29 is 0 Å². The summed E-state index contributed by atoms with van der Waals surface area (Å²) in [6.07, 6.45) is 1.86. The van der Waals surface area contributed by atoms with Gasteiger partial charge in [-0.1, -0.05) is 25.4 Å². The maximum atomic E-state index is 6.12. The number of rotatable bonds is 3. The second-order valence-corrected chi connectivity index (χ2v) is 4.86. The maximum absolute atomic E-state index is 6.12. The lowest BCUT2D eigenvalue weighted by atomic mass is 10.2. The first kappa shape index (κ1) is 12.8. The summed E-state index contributed by atoms with van der Waals surface area (Å²) in [5.74, 6) is 2.40. The molecule has 0 atom stereocenters. The van der Waals surface area contributed by atoms with Crippen molar-refractivity contribution in [3.05, 3.63) is 28.8 Å². The Morgan fingerprint density at radius 2 is 2.06 bits per heavy atom. The lowest BCUT2D eigenvalue weighted by molar-refractivity contribution is 0.766. The fourth-order valence-electron chi connectivity index (χ4n) is 1.49. The van der Waals surface area contributed by atoms with Crippen molar-refractivity contribution in [2.24, 2.45) is 7.05 Å². The van der Waals surface area contributed by atoms with Gasteiger partial charge in [0.05, 0.1) is 0 Å². The van der Waals surface area contributed by atoms with E-state index >= 15 is 0 Å². The van der Waals surface area contributed by atoms with Gasteiger partial charge < -0.3 is 5.32 Å². The van der Waals surface area contributed by atoms with Crippen LogP contribution >= 0.6 is 11.6 Å². The van der Waals surface area contributed by atoms with E-state index in [2.05, 4.69) is 20.4 Å². The fourth-order valence-corrected chi connectivity index (χ4v) is 1.66. The lowest BCUT2D eigenvalue weighted by Gasteiger charge is -2.11. The van der Waals surface area contributed by atoms with Crippen LogP contribution in [0.15, 0.2) is 12.3 Å². The number of anilines is 2. The van der Waals surface area contributed by atoms with Gasteiger partial charge in [0.1, 0.15) is 16.8 Å². The summed E-state index contributed by atoms with van der Waals surface area (Å²) in [5.41, 5.74) is 0.826. The minimum atomic E-state index is 0.229. The summed E-state index contributed by atoms with van der Waals surface area (Å²) in [4.78, 5) is 8.75. The monoisotopic (exact) mass is 265 g/mol. The predicted molar refractivity (Wildman–Crippen MR) is 72.4 cm³/mol. The van der Waals surface area contributed by atoms with Gasteiger partial charge in [0.25, 0.3) is 0 Å². The third-order valence-electron chi connectivity index (χ3n) is 2.58. The molecule has 6 heteroatoms. The quantitative estimate of drug-likeness (QED) is 0.867. The van der Waals surface area contributed by atoms with Gasteiger partial charge in [0.15, 0.2) is 5.82 Å². The molecule has 0 unspecified atom stereocenters.